The van der Waals surface area contributed by atoms with Crippen molar-refractivity contribution in [1.29, 1.82) is 0 Å². The van der Waals surface area contributed by atoms with Gasteiger partial charge in [0, 0.05) is 28.1 Å². The van der Waals surface area contributed by atoms with E-state index in [0.29, 0.717) is 44.5 Å². The van der Waals surface area contributed by atoms with E-state index in [2.05, 4.69) is 61.9 Å². The van der Waals surface area contributed by atoms with E-state index >= 15 is 0 Å². The minimum Gasteiger partial charge on any atom is -0.453 e. The minimum absolute atomic E-state index is 0.0713. The van der Waals surface area contributed by atoms with Gasteiger partial charge in [-0.1, -0.05) is 44.5 Å². The first-order valence-electron chi connectivity index (χ1n) is 13.2. The van der Waals surface area contributed by atoms with Crippen LogP contribution in [-0.4, -0.2) is 61.0 Å². The molecule has 0 aliphatic carbocycles. The van der Waals surface area contributed by atoms with Gasteiger partial charge in [-0.15, -0.1) is 5.10 Å². The number of tetrazole rings is 1. The molecule has 0 aliphatic heterocycles. The number of thioether (sulfide) groups is 1. The van der Waals surface area contributed by atoms with Crippen molar-refractivity contribution in [2.75, 3.05) is 23.9 Å². The first-order chi connectivity index (χ1) is 20.5. The summed E-state index contributed by atoms with van der Waals surface area (Å²) in [7, 11) is 1.28. The summed E-state index contributed by atoms with van der Waals surface area (Å²) >= 11 is 7.88. The number of benzene rings is 2. The van der Waals surface area contributed by atoms with Crippen LogP contribution < -0.4 is 16.2 Å². The molecule has 2 aromatic carbocycles. The van der Waals surface area contributed by atoms with Crippen molar-refractivity contribution in [3.05, 3.63) is 87.6 Å². The Hall–Kier alpha value is -4.49. The third kappa shape index (κ3) is 9.00. The molecule has 2 heterocycles. The fourth-order valence-corrected chi connectivity index (χ4v) is 5.33. The number of aromatic nitrogens is 6. The zero-order chi connectivity index (χ0) is 31.0. The molecule has 43 heavy (non-hydrogen) atoms. The largest absolute Gasteiger partial charge is 0.453 e. The van der Waals surface area contributed by atoms with Crippen LogP contribution in [0.15, 0.2) is 65.7 Å². The molecule has 2 amide bonds. The molecule has 4 rings (SSSR count). The van der Waals surface area contributed by atoms with Crippen LogP contribution in [0.4, 0.5) is 10.5 Å². The molecule has 224 valence electrons. The van der Waals surface area contributed by atoms with Gasteiger partial charge < -0.3 is 10.1 Å². The maximum Gasteiger partial charge on any atom is 0.411 e. The molecule has 12 nitrogen and oxygen atoms in total. The highest BCUT2D eigenvalue weighted by Crippen LogP contribution is 2.26. The van der Waals surface area contributed by atoms with Crippen LogP contribution in [0.5, 0.6) is 0 Å². The molecule has 4 aromatic rings. The molecule has 0 fully saturated rings. The molecular weight excluding hydrogens is 592 g/mol. The number of halogens is 1. The van der Waals surface area contributed by atoms with E-state index in [9.17, 15) is 14.4 Å². The molecule has 0 aliphatic rings. The lowest BCUT2D eigenvalue weighted by molar-refractivity contribution is -0.117. The second-order valence-electron chi connectivity index (χ2n) is 10.7. The van der Waals surface area contributed by atoms with E-state index in [0.717, 1.165) is 5.75 Å². The Labute approximate surface area is 257 Å². The van der Waals surface area contributed by atoms with Crippen molar-refractivity contribution in [2.45, 2.75) is 26.8 Å². The highest BCUT2D eigenvalue weighted by atomic mass is 35.5. The molecule has 3 N–H and O–H groups in total. The Bertz CT molecular complexity index is 1650. The summed E-state index contributed by atoms with van der Waals surface area (Å²) in [5, 5.41) is 24.2. The summed E-state index contributed by atoms with van der Waals surface area (Å²) in [5.74, 6) is 0.999. The van der Waals surface area contributed by atoms with Gasteiger partial charge in [0.25, 0.3) is 5.56 Å². The number of H-pyrrole nitrogens is 1. The number of nitrogens with zero attached hydrogens (tertiary/aromatic N) is 5. The Balaban J connectivity index is 1.59. The van der Waals surface area contributed by atoms with Crippen LogP contribution in [0, 0.1) is 5.41 Å². The van der Waals surface area contributed by atoms with Crippen molar-refractivity contribution in [3.8, 4) is 16.8 Å². The van der Waals surface area contributed by atoms with Crippen LogP contribution in [0.2, 0.25) is 5.02 Å². The number of carbonyl (C=O) groups excluding carboxylic acids is 2. The lowest BCUT2D eigenvalue weighted by atomic mass is 10.0. The van der Waals surface area contributed by atoms with Gasteiger partial charge in [-0.25, -0.2) is 9.89 Å². The Morgan fingerprint density at radius 3 is 2.60 bits per heavy atom. The molecule has 1 unspecified atom stereocenters. The SMILES string of the molecule is COC(=O)Nc1ccc(-c2cc(C(CSCC(C)(C)C)NC(=O)/C=C/c3cc(Cl)ccc3-n3cnnn3)n[nH]c2=O)cc1. The highest BCUT2D eigenvalue weighted by Gasteiger charge is 2.20. The number of rotatable bonds is 10. The van der Waals surface area contributed by atoms with Crippen molar-refractivity contribution in [2.24, 2.45) is 5.41 Å². The zero-order valence-electron chi connectivity index (χ0n) is 24.0. The number of methoxy groups -OCH3 is 1. The second-order valence-corrected chi connectivity index (χ2v) is 12.1. The molecule has 0 saturated carbocycles. The topological polar surface area (TPSA) is 157 Å². The fourth-order valence-electron chi connectivity index (χ4n) is 3.92. The standard InChI is InChI=1S/C29H31ClN8O4S/c1-29(2,3)16-43-15-24(33-26(39)12-7-19-13-20(30)8-11-25(19)38-17-31-36-37-38)23-14-22(27(40)35-34-23)18-5-9-21(10-6-18)32-28(41)42-4/h5-14,17,24H,15-16H2,1-4H3,(H,32,41)(H,33,39)(H,35,40)/b12-7+. The van der Waals surface area contributed by atoms with E-state index in [1.165, 1.54) is 24.2 Å². The van der Waals surface area contributed by atoms with Gasteiger partial charge in [-0.2, -0.15) is 21.5 Å². The minimum atomic E-state index is -0.598. The highest BCUT2D eigenvalue weighted by molar-refractivity contribution is 7.99. The first kappa shape index (κ1) is 31.4. The molecule has 0 radical (unpaired) electrons. The van der Waals surface area contributed by atoms with Gasteiger partial charge in [0.1, 0.15) is 6.33 Å². The number of hydrogen-bond acceptors (Lipinski definition) is 9. The predicted octanol–water partition coefficient (Wildman–Crippen LogP) is 4.89. The van der Waals surface area contributed by atoms with Gasteiger partial charge in [-0.3, -0.25) is 14.9 Å². The summed E-state index contributed by atoms with van der Waals surface area (Å²) in [4.78, 5) is 37.4. The Kier molecular flexibility index (Phi) is 10.3. The predicted molar refractivity (Wildman–Crippen MR) is 167 cm³/mol. The number of anilines is 1. The maximum atomic E-state index is 13.2. The molecular formula is C29H31ClN8O4S. The molecule has 0 saturated heterocycles. The maximum absolute atomic E-state index is 13.2. The average Bonchev–Trinajstić information content (AvgIpc) is 3.50. The van der Waals surface area contributed by atoms with E-state index in [4.69, 9.17) is 11.6 Å². The van der Waals surface area contributed by atoms with E-state index in [1.54, 1.807) is 66.4 Å². The number of nitrogens with one attached hydrogen (secondary N) is 3. The quantitative estimate of drug-likeness (QED) is 0.209. The van der Waals surface area contributed by atoms with Gasteiger partial charge in [0.15, 0.2) is 0 Å². The van der Waals surface area contributed by atoms with E-state index in [-0.39, 0.29) is 16.9 Å². The summed E-state index contributed by atoms with van der Waals surface area (Å²) < 4.78 is 6.09. The van der Waals surface area contributed by atoms with Crippen molar-refractivity contribution < 1.29 is 14.3 Å². The van der Waals surface area contributed by atoms with Crippen LogP contribution in [0.1, 0.15) is 38.1 Å². The monoisotopic (exact) mass is 622 g/mol. The lowest BCUT2D eigenvalue weighted by Gasteiger charge is -2.21. The van der Waals surface area contributed by atoms with E-state index in [1.807, 2.05) is 0 Å². The van der Waals surface area contributed by atoms with Crippen LogP contribution in [0.3, 0.4) is 0 Å². The summed E-state index contributed by atoms with van der Waals surface area (Å²) in [6, 6.07) is 13.1. The van der Waals surface area contributed by atoms with Gasteiger partial charge in [0.2, 0.25) is 5.91 Å². The number of ether oxygens (including phenoxy) is 1. The molecule has 0 bridgehead atoms. The number of amides is 2. The van der Waals surface area contributed by atoms with Crippen LogP contribution >= 0.6 is 23.4 Å². The van der Waals surface area contributed by atoms with Gasteiger partial charge in [-0.05, 0) is 69.6 Å². The third-order valence-electron chi connectivity index (χ3n) is 5.94. The number of aromatic amines is 1. The number of carbonyl (C=O) groups is 2. The smallest absolute Gasteiger partial charge is 0.411 e. The number of hydrogen-bond donors (Lipinski definition) is 3. The molecule has 1 atom stereocenters. The Morgan fingerprint density at radius 1 is 1.16 bits per heavy atom. The summed E-state index contributed by atoms with van der Waals surface area (Å²) in [6.45, 7) is 6.41. The van der Waals surface area contributed by atoms with E-state index < -0.39 is 12.1 Å². The van der Waals surface area contributed by atoms with Gasteiger partial charge >= 0.3 is 6.09 Å². The molecule has 0 spiro atoms. The van der Waals surface area contributed by atoms with Crippen molar-refractivity contribution >= 4 is 47.1 Å². The van der Waals surface area contributed by atoms with Crippen LogP contribution in [-0.2, 0) is 9.53 Å². The summed E-state index contributed by atoms with van der Waals surface area (Å²) in [5.41, 5.74) is 2.96. The van der Waals surface area contributed by atoms with Gasteiger partial charge in [0.05, 0.1) is 30.1 Å². The summed E-state index contributed by atoms with van der Waals surface area (Å²) in [6.07, 6.45) is 3.89. The molecule has 2 aromatic heterocycles. The third-order valence-corrected chi connectivity index (χ3v) is 7.82. The van der Waals surface area contributed by atoms with Crippen LogP contribution in [0.25, 0.3) is 22.9 Å². The normalized spacial score (nSPS) is 12.2. The average molecular weight is 623 g/mol. The zero-order valence-corrected chi connectivity index (χ0v) is 25.6. The first-order valence-corrected chi connectivity index (χ1v) is 14.7. The fraction of sp³-hybridized carbons (Fsp3) is 0.276. The molecule has 14 heteroatoms. The van der Waals surface area contributed by atoms with Crippen molar-refractivity contribution in [3.63, 3.8) is 0 Å². The van der Waals surface area contributed by atoms with Crippen molar-refractivity contribution in [1.82, 2.24) is 35.7 Å². The lowest BCUT2D eigenvalue weighted by Crippen LogP contribution is -2.31. The second kappa shape index (κ2) is 14.1. The Morgan fingerprint density at radius 2 is 1.93 bits per heavy atom.